The number of rotatable bonds is 1. The summed E-state index contributed by atoms with van der Waals surface area (Å²) in [5.41, 5.74) is 6.64. The van der Waals surface area contributed by atoms with Gasteiger partial charge in [0, 0.05) is 0 Å². The Morgan fingerprint density at radius 1 is 1.36 bits per heavy atom. The third-order valence-corrected chi connectivity index (χ3v) is 2.14. The van der Waals surface area contributed by atoms with Crippen LogP contribution in [0, 0.1) is 6.92 Å². The van der Waals surface area contributed by atoms with E-state index < -0.39 is 5.91 Å². The maximum atomic E-state index is 10.9. The van der Waals surface area contributed by atoms with E-state index in [9.17, 15) is 4.79 Å². The minimum Gasteiger partial charge on any atom is -0.659 e. The van der Waals surface area contributed by atoms with Gasteiger partial charge < -0.3 is 10.7 Å². The average molecular weight is 259 g/mol. The standard InChI is InChI=1S/C10H10N2O.Rb/c1-6-3-2-4-7-8(6)5-12-9(7)10(11)13;/h2-5H,1H3,(H3,11,12,13);/q;+1/p-1. The smallest absolute Gasteiger partial charge is 0.659 e. The molecule has 0 radical (unpaired) electrons. The monoisotopic (exact) mass is 258 g/mol. The molecule has 0 spiro atoms. The maximum absolute atomic E-state index is 10.9. The van der Waals surface area contributed by atoms with Crippen LogP contribution in [0.25, 0.3) is 10.8 Å². The zero-order valence-electron chi connectivity index (χ0n) is 8.24. The third-order valence-electron chi connectivity index (χ3n) is 2.14. The summed E-state index contributed by atoms with van der Waals surface area (Å²) >= 11 is 0. The Hall–Kier alpha value is 0.0352. The van der Waals surface area contributed by atoms with E-state index in [4.69, 9.17) is 5.73 Å². The molecule has 0 fully saturated rings. The number of nitrogens with zero attached hydrogens (tertiary/aromatic N) is 1. The van der Waals surface area contributed by atoms with E-state index in [1.807, 2.05) is 25.1 Å². The summed E-state index contributed by atoms with van der Waals surface area (Å²) in [6.45, 7) is 1.98. The van der Waals surface area contributed by atoms with Crippen molar-refractivity contribution < 1.29 is 63.0 Å². The molecule has 4 heteroatoms. The van der Waals surface area contributed by atoms with Gasteiger partial charge in [0.05, 0.1) is 0 Å². The van der Waals surface area contributed by atoms with Gasteiger partial charge in [0.1, 0.15) is 0 Å². The van der Waals surface area contributed by atoms with Crippen LogP contribution >= 0.6 is 0 Å². The van der Waals surface area contributed by atoms with Gasteiger partial charge in [-0.25, -0.2) is 0 Å². The van der Waals surface area contributed by atoms with Gasteiger partial charge in [0.15, 0.2) is 0 Å². The number of hydrogen-bond donors (Lipinski definition) is 1. The predicted molar refractivity (Wildman–Crippen MR) is 50.5 cm³/mol. The Balaban J connectivity index is 0.000000980. The number of primary amides is 1. The largest absolute Gasteiger partial charge is 1.00 e. The summed E-state index contributed by atoms with van der Waals surface area (Å²) in [4.78, 5) is 14.9. The SMILES string of the molecule is Cc1cccc2c(C(N)=O)[n-]cc12.[Rb+]. The second-order valence-electron chi connectivity index (χ2n) is 3.01. The second kappa shape index (κ2) is 4.70. The number of aryl methyl sites for hydroxylation is 1. The van der Waals surface area contributed by atoms with Crippen LogP contribution in [-0.2, 0) is 0 Å². The topological polar surface area (TPSA) is 57.2 Å². The molecule has 1 amide bonds. The summed E-state index contributed by atoms with van der Waals surface area (Å²) in [6.07, 6.45) is 1.69. The number of nitrogens with two attached hydrogens (primary N) is 1. The van der Waals surface area contributed by atoms with Gasteiger partial charge in [0.25, 0.3) is 0 Å². The fraction of sp³-hybridized carbons (Fsp3) is 0.100. The van der Waals surface area contributed by atoms with E-state index in [0.717, 1.165) is 16.3 Å². The van der Waals surface area contributed by atoms with E-state index in [1.54, 1.807) is 6.20 Å². The molecule has 0 saturated carbocycles. The normalized spacial score (nSPS) is 9.79. The Morgan fingerprint density at radius 3 is 2.71 bits per heavy atom. The van der Waals surface area contributed by atoms with Crippen molar-refractivity contribution in [2.24, 2.45) is 5.73 Å². The van der Waals surface area contributed by atoms with Crippen molar-refractivity contribution >= 4 is 16.7 Å². The molecule has 3 nitrogen and oxygen atoms in total. The maximum Gasteiger partial charge on any atom is 1.00 e. The van der Waals surface area contributed by atoms with Gasteiger partial charge in [0.2, 0.25) is 5.91 Å². The van der Waals surface area contributed by atoms with Crippen molar-refractivity contribution in [2.75, 3.05) is 0 Å². The zero-order valence-corrected chi connectivity index (χ0v) is 13.2. The molecule has 1 aromatic heterocycles. The predicted octanol–water partition coefficient (Wildman–Crippen LogP) is -1.79. The molecular weight excluding hydrogens is 250 g/mol. The van der Waals surface area contributed by atoms with Crippen LogP contribution in [0.5, 0.6) is 0 Å². The van der Waals surface area contributed by atoms with Gasteiger partial charge in [-0.2, -0.15) is 6.20 Å². The van der Waals surface area contributed by atoms with Crippen molar-refractivity contribution in [3.63, 3.8) is 0 Å². The number of carbonyl (C=O) groups excluding carboxylic acids is 1. The third kappa shape index (κ3) is 2.01. The van der Waals surface area contributed by atoms with Crippen molar-refractivity contribution in [3.8, 4) is 0 Å². The van der Waals surface area contributed by atoms with Crippen LogP contribution in [0.15, 0.2) is 24.4 Å². The first-order chi connectivity index (χ1) is 6.20. The number of benzene rings is 1. The fourth-order valence-corrected chi connectivity index (χ4v) is 1.45. The molecule has 14 heavy (non-hydrogen) atoms. The molecule has 0 atom stereocenters. The molecule has 0 unspecified atom stereocenters. The molecular formula is C10H9N2ORb. The molecule has 0 aliphatic heterocycles. The quantitative estimate of drug-likeness (QED) is 0.657. The Kier molecular flexibility index (Phi) is 4.07. The van der Waals surface area contributed by atoms with Gasteiger partial charge in [-0.05, 0) is 23.3 Å². The van der Waals surface area contributed by atoms with E-state index in [-0.39, 0.29) is 58.2 Å². The van der Waals surface area contributed by atoms with Gasteiger partial charge >= 0.3 is 58.2 Å². The Labute approximate surface area is 131 Å². The second-order valence-corrected chi connectivity index (χ2v) is 3.01. The van der Waals surface area contributed by atoms with Crippen LogP contribution in [0.2, 0.25) is 0 Å². The minimum absolute atomic E-state index is 0. The molecule has 1 aromatic carbocycles. The molecule has 1 heterocycles. The van der Waals surface area contributed by atoms with E-state index >= 15 is 0 Å². The van der Waals surface area contributed by atoms with Crippen LogP contribution in [0.1, 0.15) is 16.1 Å². The molecule has 0 saturated heterocycles. The first-order valence-corrected chi connectivity index (χ1v) is 4.01. The van der Waals surface area contributed by atoms with Crippen molar-refractivity contribution in [3.05, 3.63) is 35.7 Å². The first-order valence-electron chi connectivity index (χ1n) is 4.01. The van der Waals surface area contributed by atoms with Crippen LogP contribution in [0.4, 0.5) is 0 Å². The van der Waals surface area contributed by atoms with Crippen molar-refractivity contribution in [1.29, 1.82) is 0 Å². The molecule has 66 valence electrons. The summed E-state index contributed by atoms with van der Waals surface area (Å²) in [7, 11) is 0. The van der Waals surface area contributed by atoms with Gasteiger partial charge in [-0.3, -0.25) is 4.79 Å². The number of hydrogen-bond acceptors (Lipinski definition) is 1. The van der Waals surface area contributed by atoms with Crippen molar-refractivity contribution in [1.82, 2.24) is 4.98 Å². The van der Waals surface area contributed by atoms with Crippen LogP contribution < -0.4 is 68.9 Å². The molecule has 0 aliphatic rings. The molecule has 0 bridgehead atoms. The number of fused-ring (bicyclic) bond motifs is 1. The zero-order chi connectivity index (χ0) is 9.42. The molecule has 0 aliphatic carbocycles. The number of aromatic nitrogens is 1. The summed E-state index contributed by atoms with van der Waals surface area (Å²) in [6, 6.07) is 5.73. The summed E-state index contributed by atoms with van der Waals surface area (Å²) < 4.78 is 0. The molecule has 2 rings (SSSR count). The van der Waals surface area contributed by atoms with Crippen LogP contribution in [0.3, 0.4) is 0 Å². The minimum atomic E-state index is -0.472. The van der Waals surface area contributed by atoms with Gasteiger partial charge in [-0.15, -0.1) is 0 Å². The number of carbonyl (C=O) groups is 1. The fourth-order valence-electron chi connectivity index (χ4n) is 1.45. The Morgan fingerprint density at radius 2 is 2.07 bits per heavy atom. The molecule has 2 aromatic rings. The van der Waals surface area contributed by atoms with Gasteiger partial charge in [-0.1, -0.05) is 23.9 Å². The molecule has 2 N–H and O–H groups in total. The van der Waals surface area contributed by atoms with E-state index in [1.165, 1.54) is 0 Å². The number of amides is 1. The first kappa shape index (κ1) is 12.1. The van der Waals surface area contributed by atoms with E-state index in [2.05, 4.69) is 4.98 Å². The summed E-state index contributed by atoms with van der Waals surface area (Å²) in [5.74, 6) is -0.472. The Bertz CT molecular complexity index is 476. The average Bonchev–Trinajstić information content (AvgIpc) is 2.48. The van der Waals surface area contributed by atoms with Crippen LogP contribution in [-0.4, -0.2) is 5.91 Å². The summed E-state index contributed by atoms with van der Waals surface area (Å²) in [5, 5.41) is 1.84. The van der Waals surface area contributed by atoms with Crippen molar-refractivity contribution in [2.45, 2.75) is 6.92 Å². The van der Waals surface area contributed by atoms with E-state index in [0.29, 0.717) is 5.69 Å².